The molecule has 1 aromatic carbocycles. The van der Waals surface area contributed by atoms with E-state index >= 15 is 0 Å². The highest BCUT2D eigenvalue weighted by Gasteiger charge is 2.72. The number of hydrogen-bond acceptors (Lipinski definition) is 9. The second-order valence-corrected chi connectivity index (χ2v) is 9.39. The average Bonchev–Trinajstić information content (AvgIpc) is 3.10. The molecular formula is C23H28N2O7. The summed E-state index contributed by atoms with van der Waals surface area (Å²) < 4.78 is 17.0. The SMILES string of the molecule is C[C@H](N)C(=O)O[C@@H](C)C(=O)OC1=CC[C@]2(O)C3Cc4ccc(O)c5c4[C@@]2(CCN3C)[C@H]1O5. The highest BCUT2D eigenvalue weighted by atomic mass is 16.6. The number of phenols is 1. The fourth-order valence-corrected chi connectivity index (χ4v) is 5.97. The van der Waals surface area contributed by atoms with E-state index in [-0.39, 0.29) is 24.0 Å². The first-order valence-corrected chi connectivity index (χ1v) is 10.9. The summed E-state index contributed by atoms with van der Waals surface area (Å²) in [4.78, 5) is 26.6. The van der Waals surface area contributed by atoms with Crippen LogP contribution in [0.5, 0.6) is 11.5 Å². The number of likely N-dealkylation sites (N-methyl/N-ethyl adjacent to an activating group) is 1. The maximum atomic E-state index is 12.7. The van der Waals surface area contributed by atoms with Crippen molar-refractivity contribution < 1.29 is 34.0 Å². The van der Waals surface area contributed by atoms with E-state index in [2.05, 4.69) is 4.90 Å². The number of esters is 2. The van der Waals surface area contributed by atoms with Gasteiger partial charge in [0, 0.05) is 18.0 Å². The Morgan fingerprint density at radius 1 is 1.31 bits per heavy atom. The fraction of sp³-hybridized carbons (Fsp3) is 0.565. The van der Waals surface area contributed by atoms with Crippen molar-refractivity contribution in [2.45, 2.75) is 68.4 Å². The summed E-state index contributed by atoms with van der Waals surface area (Å²) >= 11 is 0. The number of nitrogens with two attached hydrogens (primary N) is 1. The topological polar surface area (TPSA) is 132 Å². The standard InChI is InChI=1S/C23H28N2O7/c1-11(24)20(27)30-12(2)21(28)31-15-6-7-23(29)16-10-13-4-5-14(26)18-17(13)22(23,19(15)32-18)8-9-25(16)3/h4-6,11-12,16,19,26,29H,7-10,24H2,1-3H3/t11-,12-,16?,19-,22-,23-/m0/s1. The van der Waals surface area contributed by atoms with Crippen LogP contribution >= 0.6 is 0 Å². The third-order valence-corrected chi connectivity index (χ3v) is 7.57. The third-order valence-electron chi connectivity index (χ3n) is 7.57. The minimum Gasteiger partial charge on any atom is -0.504 e. The van der Waals surface area contributed by atoms with Gasteiger partial charge in [-0.25, -0.2) is 4.79 Å². The zero-order chi connectivity index (χ0) is 23.0. The van der Waals surface area contributed by atoms with Crippen molar-refractivity contribution in [2.75, 3.05) is 13.6 Å². The third kappa shape index (κ3) is 2.61. The van der Waals surface area contributed by atoms with Crippen LogP contribution in [0, 0.1) is 0 Å². The predicted molar refractivity (Wildman–Crippen MR) is 112 cm³/mol. The van der Waals surface area contributed by atoms with Gasteiger partial charge in [-0.3, -0.25) is 4.79 Å². The van der Waals surface area contributed by atoms with Crippen LogP contribution in [0.4, 0.5) is 0 Å². The molecule has 2 bridgehead atoms. The van der Waals surface area contributed by atoms with Crippen molar-refractivity contribution in [2.24, 2.45) is 5.73 Å². The maximum absolute atomic E-state index is 12.7. The van der Waals surface area contributed by atoms with Gasteiger partial charge in [-0.05, 0) is 58.0 Å². The van der Waals surface area contributed by atoms with E-state index in [0.717, 1.165) is 17.7 Å². The minimum atomic E-state index is -1.16. The van der Waals surface area contributed by atoms with E-state index < -0.39 is 41.2 Å². The van der Waals surface area contributed by atoms with Crippen LogP contribution < -0.4 is 10.5 Å². The first-order chi connectivity index (χ1) is 15.1. The molecule has 2 heterocycles. The molecule has 2 aliphatic heterocycles. The first kappa shape index (κ1) is 21.2. The van der Waals surface area contributed by atoms with Gasteiger partial charge in [-0.1, -0.05) is 6.07 Å². The van der Waals surface area contributed by atoms with Gasteiger partial charge >= 0.3 is 11.9 Å². The Morgan fingerprint density at radius 2 is 2.06 bits per heavy atom. The number of phenolic OH excluding ortho intramolecular Hbond substituents is 1. The molecule has 9 heteroatoms. The lowest BCUT2D eigenvalue weighted by Gasteiger charge is -2.61. The molecule has 1 saturated heterocycles. The van der Waals surface area contributed by atoms with Gasteiger partial charge in [-0.15, -0.1) is 0 Å². The van der Waals surface area contributed by atoms with Gasteiger partial charge in [0.25, 0.3) is 0 Å². The van der Waals surface area contributed by atoms with Crippen molar-refractivity contribution in [3.63, 3.8) is 0 Å². The number of rotatable bonds is 4. The molecule has 0 saturated carbocycles. The molecule has 2 aliphatic carbocycles. The number of aromatic hydroxyl groups is 1. The van der Waals surface area contributed by atoms with Gasteiger partial charge in [0.15, 0.2) is 23.7 Å². The van der Waals surface area contributed by atoms with E-state index in [1.807, 2.05) is 13.1 Å². The lowest BCUT2D eigenvalue weighted by Crippen LogP contribution is -2.74. The first-order valence-electron chi connectivity index (χ1n) is 10.9. The molecule has 5 rings (SSSR count). The largest absolute Gasteiger partial charge is 0.504 e. The van der Waals surface area contributed by atoms with Gasteiger partial charge < -0.3 is 35.1 Å². The Labute approximate surface area is 185 Å². The number of ether oxygens (including phenoxy) is 3. The number of nitrogens with zero attached hydrogens (tertiary/aromatic N) is 1. The second-order valence-electron chi connectivity index (χ2n) is 9.39. The highest BCUT2D eigenvalue weighted by Crippen LogP contribution is 2.65. The second kappa shape index (κ2) is 6.94. The molecule has 0 amide bonds. The summed E-state index contributed by atoms with van der Waals surface area (Å²) in [5.41, 5.74) is 5.35. The van der Waals surface area contributed by atoms with Gasteiger partial charge in [-0.2, -0.15) is 0 Å². The van der Waals surface area contributed by atoms with Crippen molar-refractivity contribution in [1.82, 2.24) is 4.90 Å². The number of carbonyl (C=O) groups excluding carboxylic acids is 2. The summed E-state index contributed by atoms with van der Waals surface area (Å²) in [6, 6.07) is 2.49. The molecule has 32 heavy (non-hydrogen) atoms. The van der Waals surface area contributed by atoms with Crippen LogP contribution in [0.3, 0.4) is 0 Å². The monoisotopic (exact) mass is 444 g/mol. The van der Waals surface area contributed by atoms with Crippen molar-refractivity contribution in [3.8, 4) is 11.5 Å². The molecule has 172 valence electrons. The molecule has 1 aromatic rings. The number of carbonyl (C=O) groups is 2. The normalized spacial score (nSPS) is 34.0. The van der Waals surface area contributed by atoms with Gasteiger partial charge in [0.2, 0.25) is 0 Å². The molecule has 4 aliphatic rings. The molecule has 0 aromatic heterocycles. The highest BCUT2D eigenvalue weighted by molar-refractivity contribution is 5.82. The van der Waals surface area contributed by atoms with E-state index in [4.69, 9.17) is 19.9 Å². The molecule has 4 N–H and O–H groups in total. The van der Waals surface area contributed by atoms with Crippen molar-refractivity contribution in [3.05, 3.63) is 35.1 Å². The Balaban J connectivity index is 1.53. The summed E-state index contributed by atoms with van der Waals surface area (Å²) in [7, 11) is 2.00. The molecule has 1 fully saturated rings. The molecule has 9 nitrogen and oxygen atoms in total. The van der Waals surface area contributed by atoms with Gasteiger partial charge in [0.05, 0.1) is 11.0 Å². The van der Waals surface area contributed by atoms with Crippen LogP contribution in [0.25, 0.3) is 0 Å². The molecule has 6 atom stereocenters. The fourth-order valence-electron chi connectivity index (χ4n) is 5.97. The molecular weight excluding hydrogens is 416 g/mol. The summed E-state index contributed by atoms with van der Waals surface area (Å²) in [6.07, 6.45) is 1.24. The predicted octanol–water partition coefficient (Wildman–Crippen LogP) is 0.492. The molecule has 0 radical (unpaired) electrons. The number of likely N-dealkylation sites (tertiary alicyclic amines) is 1. The smallest absolute Gasteiger partial charge is 0.352 e. The quantitative estimate of drug-likeness (QED) is 0.568. The Kier molecular flexibility index (Phi) is 4.60. The molecule has 1 unspecified atom stereocenters. The minimum absolute atomic E-state index is 0.00263. The number of hydrogen-bond donors (Lipinski definition) is 3. The Bertz CT molecular complexity index is 1040. The van der Waals surface area contributed by atoms with Crippen molar-refractivity contribution in [1.29, 1.82) is 0 Å². The van der Waals surface area contributed by atoms with E-state index in [9.17, 15) is 19.8 Å². The summed E-state index contributed by atoms with van der Waals surface area (Å²) in [5.74, 6) is -0.859. The van der Waals surface area contributed by atoms with Crippen LogP contribution in [-0.2, 0) is 30.9 Å². The lowest BCUT2D eigenvalue weighted by molar-refractivity contribution is -0.175. The zero-order valence-corrected chi connectivity index (χ0v) is 18.3. The van der Waals surface area contributed by atoms with E-state index in [0.29, 0.717) is 18.6 Å². The zero-order valence-electron chi connectivity index (χ0n) is 18.3. The number of benzene rings is 1. The van der Waals surface area contributed by atoms with Crippen LogP contribution in [-0.4, -0.2) is 70.5 Å². The molecule has 1 spiro atoms. The van der Waals surface area contributed by atoms with Crippen LogP contribution in [0.2, 0.25) is 0 Å². The number of piperidine rings is 1. The van der Waals surface area contributed by atoms with Crippen LogP contribution in [0.1, 0.15) is 37.8 Å². The lowest BCUT2D eigenvalue weighted by atomic mass is 9.50. The number of aliphatic hydroxyl groups is 1. The van der Waals surface area contributed by atoms with Gasteiger partial charge in [0.1, 0.15) is 11.8 Å². The van der Waals surface area contributed by atoms with Crippen LogP contribution in [0.15, 0.2) is 24.0 Å². The maximum Gasteiger partial charge on any atom is 0.352 e. The Morgan fingerprint density at radius 3 is 2.78 bits per heavy atom. The van der Waals surface area contributed by atoms with E-state index in [1.54, 1.807) is 12.1 Å². The summed E-state index contributed by atoms with van der Waals surface area (Å²) in [6.45, 7) is 3.61. The van der Waals surface area contributed by atoms with Crippen molar-refractivity contribution >= 4 is 11.9 Å². The van der Waals surface area contributed by atoms with E-state index in [1.165, 1.54) is 13.8 Å². The summed E-state index contributed by atoms with van der Waals surface area (Å²) in [5, 5.41) is 22.6. The Hall–Kier alpha value is -2.62. The average molecular weight is 444 g/mol.